The standard InChI is InChI=1S/C20H30N2O2/c1-15(17-11-12-17)22(2)20(23)21-14-16-7-6-10-19(13-16)24-18-8-4-3-5-9-18/h6-7,10,13,15,17-18H,3-5,8-9,11-12,14H2,1-2H3,(H,21,23). The maximum Gasteiger partial charge on any atom is 0.317 e. The SMILES string of the molecule is CC(C1CC1)N(C)C(=O)NCc1cccc(OC2CCCCC2)c1. The van der Waals surface area contributed by atoms with E-state index >= 15 is 0 Å². The number of rotatable bonds is 6. The summed E-state index contributed by atoms with van der Waals surface area (Å²) in [6, 6.07) is 8.45. The first-order valence-electron chi connectivity index (χ1n) is 9.40. The minimum Gasteiger partial charge on any atom is -0.490 e. The van der Waals surface area contributed by atoms with E-state index in [-0.39, 0.29) is 6.03 Å². The van der Waals surface area contributed by atoms with Crippen LogP contribution in [-0.2, 0) is 6.54 Å². The van der Waals surface area contributed by atoms with Gasteiger partial charge in [-0.15, -0.1) is 0 Å². The molecule has 2 amide bonds. The highest BCUT2D eigenvalue weighted by molar-refractivity contribution is 5.74. The first-order valence-corrected chi connectivity index (χ1v) is 9.40. The number of hydrogen-bond acceptors (Lipinski definition) is 2. The maximum atomic E-state index is 12.3. The third-order valence-electron chi connectivity index (χ3n) is 5.43. The molecule has 2 aliphatic rings. The van der Waals surface area contributed by atoms with Crippen LogP contribution in [0.3, 0.4) is 0 Å². The largest absolute Gasteiger partial charge is 0.490 e. The van der Waals surface area contributed by atoms with Gasteiger partial charge in [0, 0.05) is 19.6 Å². The quantitative estimate of drug-likeness (QED) is 0.843. The van der Waals surface area contributed by atoms with Gasteiger partial charge in [0.15, 0.2) is 0 Å². The highest BCUT2D eigenvalue weighted by Crippen LogP contribution is 2.34. The van der Waals surface area contributed by atoms with Gasteiger partial charge in [0.25, 0.3) is 0 Å². The van der Waals surface area contributed by atoms with E-state index in [2.05, 4.69) is 18.3 Å². The van der Waals surface area contributed by atoms with E-state index in [1.807, 2.05) is 30.1 Å². The summed E-state index contributed by atoms with van der Waals surface area (Å²) in [5, 5.41) is 3.02. The number of carbonyl (C=O) groups excluding carboxylic acids is 1. The van der Waals surface area contributed by atoms with Crippen molar-refractivity contribution < 1.29 is 9.53 Å². The molecule has 0 bridgehead atoms. The third kappa shape index (κ3) is 4.65. The number of ether oxygens (including phenoxy) is 1. The van der Waals surface area contributed by atoms with Crippen LogP contribution in [0.15, 0.2) is 24.3 Å². The van der Waals surface area contributed by atoms with Gasteiger partial charge < -0.3 is 15.0 Å². The lowest BCUT2D eigenvalue weighted by Crippen LogP contribution is -2.42. The van der Waals surface area contributed by atoms with Gasteiger partial charge in [-0.05, 0) is 69.1 Å². The molecular formula is C20H30N2O2. The van der Waals surface area contributed by atoms with Gasteiger partial charge in [0.2, 0.25) is 0 Å². The zero-order valence-corrected chi connectivity index (χ0v) is 15.0. The molecule has 0 heterocycles. The number of nitrogens with zero attached hydrogens (tertiary/aromatic N) is 1. The highest BCUT2D eigenvalue weighted by atomic mass is 16.5. The molecule has 0 aromatic heterocycles. The fourth-order valence-corrected chi connectivity index (χ4v) is 3.49. The molecular weight excluding hydrogens is 300 g/mol. The number of hydrogen-bond donors (Lipinski definition) is 1. The van der Waals surface area contributed by atoms with E-state index in [0.717, 1.165) is 24.2 Å². The van der Waals surface area contributed by atoms with Crippen molar-refractivity contribution >= 4 is 6.03 Å². The van der Waals surface area contributed by atoms with E-state index in [1.54, 1.807) is 0 Å². The molecule has 1 N–H and O–H groups in total. The van der Waals surface area contributed by atoms with Crippen LogP contribution in [0.1, 0.15) is 57.4 Å². The van der Waals surface area contributed by atoms with Crippen molar-refractivity contribution in [2.24, 2.45) is 5.92 Å². The average Bonchev–Trinajstić information content (AvgIpc) is 3.45. The summed E-state index contributed by atoms with van der Waals surface area (Å²) in [6.45, 7) is 2.68. The van der Waals surface area contributed by atoms with Crippen molar-refractivity contribution in [1.29, 1.82) is 0 Å². The van der Waals surface area contributed by atoms with Crippen LogP contribution in [0.5, 0.6) is 5.75 Å². The topological polar surface area (TPSA) is 41.6 Å². The predicted octanol–water partition coefficient (Wildman–Crippen LogP) is 4.34. The summed E-state index contributed by atoms with van der Waals surface area (Å²) in [4.78, 5) is 14.1. The van der Waals surface area contributed by atoms with Crippen LogP contribution in [0.2, 0.25) is 0 Å². The number of amides is 2. The second-order valence-electron chi connectivity index (χ2n) is 7.37. The zero-order valence-electron chi connectivity index (χ0n) is 15.0. The fraction of sp³-hybridized carbons (Fsp3) is 0.650. The second-order valence-corrected chi connectivity index (χ2v) is 7.37. The second kappa shape index (κ2) is 7.91. The van der Waals surface area contributed by atoms with E-state index in [4.69, 9.17) is 4.74 Å². The summed E-state index contributed by atoms with van der Waals surface area (Å²) in [5.74, 6) is 1.61. The van der Waals surface area contributed by atoms with Crippen molar-refractivity contribution in [1.82, 2.24) is 10.2 Å². The predicted molar refractivity (Wildman–Crippen MR) is 96.1 cm³/mol. The molecule has 3 rings (SSSR count). The molecule has 2 aliphatic carbocycles. The molecule has 132 valence electrons. The molecule has 1 unspecified atom stereocenters. The zero-order chi connectivity index (χ0) is 16.9. The lowest BCUT2D eigenvalue weighted by Gasteiger charge is -2.25. The van der Waals surface area contributed by atoms with Gasteiger partial charge in [-0.3, -0.25) is 0 Å². The van der Waals surface area contributed by atoms with E-state index in [1.165, 1.54) is 32.1 Å². The summed E-state index contributed by atoms with van der Waals surface area (Å²) in [5.41, 5.74) is 1.09. The molecule has 1 atom stereocenters. The molecule has 4 heteroatoms. The summed E-state index contributed by atoms with van der Waals surface area (Å²) >= 11 is 0. The van der Waals surface area contributed by atoms with Crippen LogP contribution < -0.4 is 10.1 Å². The Kier molecular flexibility index (Phi) is 5.64. The van der Waals surface area contributed by atoms with Gasteiger partial charge in [0.1, 0.15) is 5.75 Å². The molecule has 1 aromatic rings. The normalized spacial score (nSPS) is 19.6. The smallest absolute Gasteiger partial charge is 0.317 e. The monoisotopic (exact) mass is 330 g/mol. The minimum atomic E-state index is 0.00741. The first-order chi connectivity index (χ1) is 11.6. The molecule has 0 aliphatic heterocycles. The van der Waals surface area contributed by atoms with Crippen LogP contribution >= 0.6 is 0 Å². The molecule has 24 heavy (non-hydrogen) atoms. The Morgan fingerprint density at radius 1 is 1.25 bits per heavy atom. The van der Waals surface area contributed by atoms with Crippen molar-refractivity contribution in [3.63, 3.8) is 0 Å². The maximum absolute atomic E-state index is 12.3. The highest BCUT2D eigenvalue weighted by Gasteiger charge is 2.32. The Bertz CT molecular complexity index is 550. The molecule has 0 spiro atoms. The van der Waals surface area contributed by atoms with E-state index < -0.39 is 0 Å². The summed E-state index contributed by atoms with van der Waals surface area (Å²) in [7, 11) is 1.89. The summed E-state index contributed by atoms with van der Waals surface area (Å²) in [6.07, 6.45) is 9.04. The van der Waals surface area contributed by atoms with Gasteiger partial charge in [-0.1, -0.05) is 18.6 Å². The Balaban J connectivity index is 1.49. The number of urea groups is 1. The summed E-state index contributed by atoms with van der Waals surface area (Å²) < 4.78 is 6.11. The van der Waals surface area contributed by atoms with Gasteiger partial charge >= 0.3 is 6.03 Å². The molecule has 2 fully saturated rings. The van der Waals surface area contributed by atoms with E-state index in [9.17, 15) is 4.79 Å². The number of nitrogens with one attached hydrogen (secondary N) is 1. The van der Waals surface area contributed by atoms with Crippen LogP contribution in [0.4, 0.5) is 4.79 Å². The Hall–Kier alpha value is -1.71. The van der Waals surface area contributed by atoms with Crippen LogP contribution in [0, 0.1) is 5.92 Å². The van der Waals surface area contributed by atoms with Crippen molar-refractivity contribution in [2.45, 2.75) is 70.6 Å². The minimum absolute atomic E-state index is 0.00741. The van der Waals surface area contributed by atoms with Crippen molar-refractivity contribution in [2.75, 3.05) is 7.05 Å². The van der Waals surface area contributed by atoms with Crippen molar-refractivity contribution in [3.05, 3.63) is 29.8 Å². The van der Waals surface area contributed by atoms with Gasteiger partial charge in [-0.25, -0.2) is 4.79 Å². The Morgan fingerprint density at radius 3 is 2.71 bits per heavy atom. The van der Waals surface area contributed by atoms with Gasteiger partial charge in [-0.2, -0.15) is 0 Å². The van der Waals surface area contributed by atoms with Crippen LogP contribution in [0.25, 0.3) is 0 Å². The molecule has 0 radical (unpaired) electrons. The fourth-order valence-electron chi connectivity index (χ4n) is 3.49. The van der Waals surface area contributed by atoms with Gasteiger partial charge in [0.05, 0.1) is 6.10 Å². The molecule has 1 aromatic carbocycles. The number of carbonyl (C=O) groups is 1. The van der Waals surface area contributed by atoms with Crippen molar-refractivity contribution in [3.8, 4) is 5.75 Å². The Labute approximate surface area is 145 Å². The number of benzene rings is 1. The van der Waals surface area contributed by atoms with E-state index in [0.29, 0.717) is 24.6 Å². The first kappa shape index (κ1) is 17.1. The average molecular weight is 330 g/mol. The molecule has 4 nitrogen and oxygen atoms in total. The Morgan fingerprint density at radius 2 is 2.00 bits per heavy atom. The lowest BCUT2D eigenvalue weighted by atomic mass is 9.98. The third-order valence-corrected chi connectivity index (χ3v) is 5.43. The van der Waals surface area contributed by atoms with Crippen LogP contribution in [-0.4, -0.2) is 30.1 Å². The lowest BCUT2D eigenvalue weighted by molar-refractivity contribution is 0.155. The molecule has 2 saturated carbocycles. The molecule has 0 saturated heterocycles.